The second-order valence-electron chi connectivity index (χ2n) is 12.0. The van der Waals surface area contributed by atoms with Crippen LogP contribution in [0.5, 0.6) is 0 Å². The van der Waals surface area contributed by atoms with Crippen LogP contribution >= 0.6 is 0 Å². The Morgan fingerprint density at radius 1 is 1.22 bits per heavy atom. The van der Waals surface area contributed by atoms with Crippen molar-refractivity contribution < 1.29 is 28.5 Å². The van der Waals surface area contributed by atoms with Gasteiger partial charge in [-0.1, -0.05) is 52.5 Å². The van der Waals surface area contributed by atoms with Crippen LogP contribution in [0.1, 0.15) is 72.4 Å². The van der Waals surface area contributed by atoms with E-state index in [1.165, 1.54) is 30.4 Å². The first kappa shape index (κ1) is 34.4. The Balaban J connectivity index is 0.00000188. The van der Waals surface area contributed by atoms with E-state index < -0.39 is 17.4 Å². The lowest BCUT2D eigenvalue weighted by Crippen LogP contribution is -2.46. The number of halogens is 4. The van der Waals surface area contributed by atoms with Crippen LogP contribution in [0.25, 0.3) is 5.70 Å². The summed E-state index contributed by atoms with van der Waals surface area (Å²) in [5, 5.41) is 3.41. The summed E-state index contributed by atoms with van der Waals surface area (Å²) >= 11 is 0. The van der Waals surface area contributed by atoms with Crippen molar-refractivity contribution in [2.75, 3.05) is 26.7 Å². The second kappa shape index (κ2) is 14.3. The number of aliphatic imine (C=N–C) groups is 1. The molecule has 4 aliphatic rings. The molecule has 1 aromatic carbocycles. The van der Waals surface area contributed by atoms with E-state index in [-0.39, 0.29) is 55.8 Å². The van der Waals surface area contributed by atoms with E-state index in [4.69, 9.17) is 9.73 Å². The molecule has 2 heterocycles. The molecule has 0 aromatic heterocycles. The van der Waals surface area contributed by atoms with Gasteiger partial charge in [0.2, 0.25) is 0 Å². The lowest BCUT2D eigenvalue weighted by Gasteiger charge is -2.40. The summed E-state index contributed by atoms with van der Waals surface area (Å²) in [6.45, 7) is 15.5. The van der Waals surface area contributed by atoms with Crippen molar-refractivity contribution in [1.82, 2.24) is 10.2 Å². The van der Waals surface area contributed by atoms with Gasteiger partial charge >= 0.3 is 6.18 Å². The first-order valence-corrected chi connectivity index (χ1v) is 16.0. The summed E-state index contributed by atoms with van der Waals surface area (Å²) in [5.74, 6) is -0.449. The number of hydrogen-bond donors (Lipinski definition) is 1. The van der Waals surface area contributed by atoms with E-state index in [2.05, 4.69) is 42.8 Å². The molecule has 1 saturated heterocycles. The number of allylic oxidation sites excluding steroid dienone is 5. The zero-order valence-corrected chi connectivity index (χ0v) is 27.0. The zero-order valence-electron chi connectivity index (χ0n) is 27.0. The zero-order chi connectivity index (χ0) is 32.9. The highest BCUT2D eigenvalue weighted by molar-refractivity contribution is 6.06. The fraction of sp³-hybridized carbons (Fsp3) is 0.500. The fourth-order valence-corrected chi connectivity index (χ4v) is 6.18. The summed E-state index contributed by atoms with van der Waals surface area (Å²) in [5.41, 5.74) is 3.14. The third-order valence-corrected chi connectivity index (χ3v) is 8.92. The normalized spacial score (nSPS) is 21.0. The monoisotopic (exact) mass is 629 g/mol. The average Bonchev–Trinajstić information content (AvgIpc) is 3.81. The number of Topliss-reactive ketones (excluding diaryl/α,β-unsaturated/α-hetero) is 1. The van der Waals surface area contributed by atoms with Crippen LogP contribution in [-0.2, 0) is 16.0 Å². The smallest absolute Gasteiger partial charge is 0.401 e. The lowest BCUT2D eigenvalue weighted by atomic mass is 9.83. The number of ether oxygens (including phenoxy) is 1. The number of hydrogen-bond acceptors (Lipinski definition) is 5. The molecule has 1 aromatic rings. The Hall–Kier alpha value is -3.46. The van der Waals surface area contributed by atoms with Crippen molar-refractivity contribution in [2.45, 2.75) is 78.4 Å². The molecular weight excluding hydrogens is 582 g/mol. The number of rotatable bonds is 12. The van der Waals surface area contributed by atoms with Gasteiger partial charge < -0.3 is 15.0 Å². The van der Waals surface area contributed by atoms with Crippen LogP contribution in [0.2, 0.25) is 0 Å². The van der Waals surface area contributed by atoms with Crippen molar-refractivity contribution in [3.05, 3.63) is 88.6 Å². The van der Waals surface area contributed by atoms with Gasteiger partial charge in [-0.05, 0) is 78.6 Å². The second-order valence-corrected chi connectivity index (χ2v) is 12.0. The maximum absolute atomic E-state index is 15.1. The summed E-state index contributed by atoms with van der Waals surface area (Å²) in [6, 6.07) is 4.63. The van der Waals surface area contributed by atoms with Crippen molar-refractivity contribution >= 4 is 17.2 Å². The molecule has 5 rings (SSSR count). The number of likely N-dealkylation sites (tertiary alicyclic amines) is 1. The van der Waals surface area contributed by atoms with Crippen LogP contribution in [0.3, 0.4) is 0 Å². The number of ketones is 1. The molecule has 9 heteroatoms. The molecule has 246 valence electrons. The van der Waals surface area contributed by atoms with E-state index in [1.54, 1.807) is 18.3 Å². The van der Waals surface area contributed by atoms with Gasteiger partial charge in [0.05, 0.1) is 24.6 Å². The standard InChI is InChI=1S/C34H39F4N3O2.C2H6.H2/c1-5-23-16-30-29(17-26(23)13-22-19-41(6-2)20-22)39-18-31(40-30)25-8-7-24(28(35)15-25)14-27(42)11-21(3)12-32(43-4)33(9-10-33)34(36,37)38;1-2;/h7-8,12,15-18,22,29,39H,3,5-6,9-11,13-14,19-20H2,1-2,4H3;1-2H3;1H/b32-12-;;. The highest BCUT2D eigenvalue weighted by atomic mass is 19.4. The van der Waals surface area contributed by atoms with E-state index in [9.17, 15) is 18.0 Å². The number of benzene rings is 1. The largest absolute Gasteiger partial charge is 0.500 e. The molecule has 2 fully saturated rings. The Morgan fingerprint density at radius 3 is 2.51 bits per heavy atom. The van der Waals surface area contributed by atoms with Crippen LogP contribution in [0.15, 0.2) is 76.7 Å². The van der Waals surface area contributed by atoms with Crippen LogP contribution in [-0.4, -0.2) is 55.4 Å². The molecule has 2 aliphatic heterocycles. The van der Waals surface area contributed by atoms with Crippen LogP contribution in [0, 0.1) is 17.2 Å². The highest BCUT2D eigenvalue weighted by Gasteiger charge is 2.66. The predicted molar refractivity (Wildman–Crippen MR) is 174 cm³/mol. The number of nitrogens with zero attached hydrogens (tertiary/aromatic N) is 2. The number of fused-ring (bicyclic) bond motifs is 1. The van der Waals surface area contributed by atoms with Crippen molar-refractivity contribution in [2.24, 2.45) is 16.3 Å². The number of nitrogens with one attached hydrogen (secondary N) is 1. The van der Waals surface area contributed by atoms with Gasteiger partial charge in [-0.25, -0.2) is 9.38 Å². The summed E-state index contributed by atoms with van der Waals surface area (Å²) in [6.07, 6.45) is 4.43. The minimum absolute atomic E-state index is 0. The maximum Gasteiger partial charge on any atom is 0.401 e. The molecule has 1 unspecified atom stereocenters. The van der Waals surface area contributed by atoms with Gasteiger partial charge in [0.25, 0.3) is 0 Å². The molecule has 5 nitrogen and oxygen atoms in total. The Kier molecular flexibility index (Phi) is 10.9. The van der Waals surface area contributed by atoms with Crippen molar-refractivity contribution in [1.29, 1.82) is 0 Å². The Labute approximate surface area is 266 Å². The van der Waals surface area contributed by atoms with Gasteiger partial charge in [-0.2, -0.15) is 13.2 Å². The number of carbonyl (C=O) groups excluding carboxylic acids is 1. The van der Waals surface area contributed by atoms with Gasteiger partial charge in [0, 0.05) is 39.1 Å². The van der Waals surface area contributed by atoms with Gasteiger partial charge in [-0.3, -0.25) is 4.79 Å². The van der Waals surface area contributed by atoms with Gasteiger partial charge in [-0.15, -0.1) is 0 Å². The molecule has 1 N–H and O–H groups in total. The summed E-state index contributed by atoms with van der Waals surface area (Å²) in [7, 11) is 1.18. The topological polar surface area (TPSA) is 53.9 Å². The molecule has 0 amide bonds. The number of methoxy groups -OCH3 is 1. The minimum Gasteiger partial charge on any atom is -0.500 e. The SMILES string of the molecule is C=C(/C=C(\OC)C1(C(F)(F)F)CC1)CC(=O)Cc1ccc(C2=CNC3C=C(CC4CN(CC)C4)C(CC)=CC3=N2)cc1F.CC.[HH]. The van der Waals surface area contributed by atoms with Gasteiger partial charge in [0.1, 0.15) is 22.8 Å². The third-order valence-electron chi connectivity index (χ3n) is 8.92. The minimum atomic E-state index is -4.43. The first-order chi connectivity index (χ1) is 21.5. The average molecular weight is 630 g/mol. The number of alkyl halides is 3. The maximum atomic E-state index is 15.1. The van der Waals surface area contributed by atoms with E-state index in [0.29, 0.717) is 17.2 Å². The molecular formula is C36H47F4N3O2. The van der Waals surface area contributed by atoms with E-state index in [1.807, 2.05) is 13.8 Å². The molecule has 1 saturated carbocycles. The molecule has 1 atom stereocenters. The lowest BCUT2D eigenvalue weighted by molar-refractivity contribution is -0.184. The molecule has 45 heavy (non-hydrogen) atoms. The van der Waals surface area contributed by atoms with Crippen LogP contribution in [0.4, 0.5) is 17.6 Å². The van der Waals surface area contributed by atoms with Crippen molar-refractivity contribution in [3.63, 3.8) is 0 Å². The fourth-order valence-electron chi connectivity index (χ4n) is 6.18. The summed E-state index contributed by atoms with van der Waals surface area (Å²) in [4.78, 5) is 20.0. The molecule has 0 radical (unpaired) electrons. The first-order valence-electron chi connectivity index (χ1n) is 16.0. The summed E-state index contributed by atoms with van der Waals surface area (Å²) < 4.78 is 60.6. The van der Waals surface area contributed by atoms with Crippen LogP contribution < -0.4 is 5.32 Å². The molecule has 0 bridgehead atoms. The van der Waals surface area contributed by atoms with Crippen molar-refractivity contribution in [3.8, 4) is 0 Å². The number of carbonyl (C=O) groups is 1. The molecule has 2 aliphatic carbocycles. The third kappa shape index (κ3) is 7.68. The highest BCUT2D eigenvalue weighted by Crippen LogP contribution is 2.62. The quantitative estimate of drug-likeness (QED) is 0.143. The Bertz CT molecular complexity index is 1450. The van der Waals surface area contributed by atoms with Gasteiger partial charge in [0.15, 0.2) is 0 Å². The predicted octanol–water partition coefficient (Wildman–Crippen LogP) is 8.36. The van der Waals surface area contributed by atoms with E-state index in [0.717, 1.165) is 38.2 Å². The van der Waals surface area contributed by atoms with E-state index >= 15 is 4.39 Å². The Morgan fingerprint density at radius 2 is 1.93 bits per heavy atom. The molecule has 0 spiro atoms.